The Bertz CT molecular complexity index is 943. The Morgan fingerprint density at radius 2 is 1.69 bits per heavy atom. The monoisotopic (exact) mass is 396 g/mol. The number of ether oxygens (including phenoxy) is 3. The highest BCUT2D eigenvalue weighted by molar-refractivity contribution is 6.06. The van der Waals surface area contributed by atoms with Gasteiger partial charge in [0, 0.05) is 29.4 Å². The molecule has 1 aliphatic carbocycles. The molecule has 1 N–H and O–H groups in total. The van der Waals surface area contributed by atoms with E-state index >= 15 is 0 Å². The molecule has 1 heterocycles. The maximum Gasteiger partial charge on any atom is 0.255 e. The summed E-state index contributed by atoms with van der Waals surface area (Å²) in [6, 6.07) is 8.92. The average molecular weight is 396 g/mol. The maximum atomic E-state index is 12.8. The molecule has 1 fully saturated rings. The third kappa shape index (κ3) is 3.60. The molecule has 0 radical (unpaired) electrons. The largest absolute Gasteiger partial charge is 0.493 e. The van der Waals surface area contributed by atoms with Gasteiger partial charge in [-0.15, -0.1) is 0 Å². The zero-order valence-electron chi connectivity index (χ0n) is 16.8. The van der Waals surface area contributed by atoms with Crippen LogP contribution in [0.15, 0.2) is 30.3 Å². The molecule has 2 aromatic rings. The molecule has 7 nitrogen and oxygen atoms in total. The fraction of sp³-hybridized carbons (Fsp3) is 0.364. The van der Waals surface area contributed by atoms with Gasteiger partial charge in [-0.25, -0.2) is 0 Å². The number of benzene rings is 2. The summed E-state index contributed by atoms with van der Waals surface area (Å²) in [6.45, 7) is 0.703. The predicted molar refractivity (Wildman–Crippen MR) is 109 cm³/mol. The van der Waals surface area contributed by atoms with Crippen molar-refractivity contribution in [1.29, 1.82) is 0 Å². The van der Waals surface area contributed by atoms with Gasteiger partial charge in [-0.05, 0) is 49.1 Å². The van der Waals surface area contributed by atoms with Crippen LogP contribution in [0.2, 0.25) is 0 Å². The van der Waals surface area contributed by atoms with Crippen molar-refractivity contribution >= 4 is 23.2 Å². The van der Waals surface area contributed by atoms with E-state index in [-0.39, 0.29) is 17.7 Å². The summed E-state index contributed by atoms with van der Waals surface area (Å²) in [4.78, 5) is 27.2. The van der Waals surface area contributed by atoms with Gasteiger partial charge < -0.3 is 24.4 Å². The first-order valence-electron chi connectivity index (χ1n) is 9.61. The van der Waals surface area contributed by atoms with Crippen LogP contribution in [-0.2, 0) is 11.2 Å². The fourth-order valence-corrected chi connectivity index (χ4v) is 3.65. The zero-order chi connectivity index (χ0) is 20.5. The van der Waals surface area contributed by atoms with Gasteiger partial charge in [0.05, 0.1) is 21.3 Å². The highest BCUT2D eigenvalue weighted by atomic mass is 16.5. The van der Waals surface area contributed by atoms with E-state index in [1.54, 1.807) is 12.1 Å². The molecule has 1 aliphatic heterocycles. The summed E-state index contributed by atoms with van der Waals surface area (Å²) in [7, 11) is 4.52. The minimum atomic E-state index is -0.303. The molecule has 152 valence electrons. The average Bonchev–Trinajstić information content (AvgIpc) is 3.51. The van der Waals surface area contributed by atoms with E-state index in [4.69, 9.17) is 14.2 Å². The normalized spacial score (nSPS) is 14.9. The molecule has 29 heavy (non-hydrogen) atoms. The number of carbonyl (C=O) groups is 2. The number of nitrogens with zero attached hydrogens (tertiary/aromatic N) is 1. The first-order chi connectivity index (χ1) is 14.0. The summed E-state index contributed by atoms with van der Waals surface area (Å²) < 4.78 is 15.9. The fourth-order valence-electron chi connectivity index (χ4n) is 3.65. The Balaban J connectivity index is 1.58. The van der Waals surface area contributed by atoms with Crippen molar-refractivity contribution in [3.63, 3.8) is 0 Å². The second kappa shape index (κ2) is 7.66. The van der Waals surface area contributed by atoms with Crippen LogP contribution in [0.25, 0.3) is 0 Å². The van der Waals surface area contributed by atoms with Crippen molar-refractivity contribution in [3.8, 4) is 17.2 Å². The molecule has 0 unspecified atom stereocenters. The van der Waals surface area contributed by atoms with Gasteiger partial charge in [-0.3, -0.25) is 9.59 Å². The number of hydrogen-bond donors (Lipinski definition) is 1. The van der Waals surface area contributed by atoms with Gasteiger partial charge in [-0.1, -0.05) is 6.07 Å². The zero-order valence-corrected chi connectivity index (χ0v) is 16.8. The Kier molecular flexibility index (Phi) is 5.05. The van der Waals surface area contributed by atoms with Gasteiger partial charge in [0.15, 0.2) is 11.5 Å². The number of anilines is 2. The van der Waals surface area contributed by atoms with Crippen LogP contribution in [0.3, 0.4) is 0 Å². The number of nitrogens with one attached hydrogen (secondary N) is 1. The minimum absolute atomic E-state index is 0.165. The van der Waals surface area contributed by atoms with Crippen LogP contribution in [0.5, 0.6) is 17.2 Å². The third-order valence-electron chi connectivity index (χ3n) is 5.36. The molecule has 2 amide bonds. The van der Waals surface area contributed by atoms with Crippen LogP contribution < -0.4 is 24.4 Å². The van der Waals surface area contributed by atoms with E-state index in [1.807, 2.05) is 23.1 Å². The lowest BCUT2D eigenvalue weighted by Gasteiger charge is -2.18. The molecular weight excluding hydrogens is 372 g/mol. The van der Waals surface area contributed by atoms with Crippen molar-refractivity contribution in [2.24, 2.45) is 5.92 Å². The van der Waals surface area contributed by atoms with E-state index in [0.29, 0.717) is 35.0 Å². The van der Waals surface area contributed by atoms with Crippen LogP contribution in [0.1, 0.15) is 28.8 Å². The van der Waals surface area contributed by atoms with Gasteiger partial charge in [0.25, 0.3) is 5.91 Å². The molecule has 0 aromatic heterocycles. The summed E-state index contributed by atoms with van der Waals surface area (Å²) in [5.41, 5.74) is 3.04. The predicted octanol–water partition coefficient (Wildman–Crippen LogP) is 3.26. The van der Waals surface area contributed by atoms with E-state index < -0.39 is 0 Å². The van der Waals surface area contributed by atoms with E-state index in [2.05, 4.69) is 5.32 Å². The Hall–Kier alpha value is -3.22. The van der Waals surface area contributed by atoms with Gasteiger partial charge in [0.1, 0.15) is 0 Å². The van der Waals surface area contributed by atoms with Gasteiger partial charge >= 0.3 is 0 Å². The summed E-state index contributed by atoms with van der Waals surface area (Å²) >= 11 is 0. The Morgan fingerprint density at radius 3 is 2.28 bits per heavy atom. The quantitative estimate of drug-likeness (QED) is 0.811. The summed E-state index contributed by atoms with van der Waals surface area (Å²) in [5, 5.41) is 2.90. The molecule has 0 saturated heterocycles. The lowest BCUT2D eigenvalue weighted by Crippen LogP contribution is -2.30. The second-order valence-electron chi connectivity index (χ2n) is 7.23. The van der Waals surface area contributed by atoms with Gasteiger partial charge in [-0.2, -0.15) is 0 Å². The topological polar surface area (TPSA) is 77.1 Å². The van der Waals surface area contributed by atoms with E-state index in [0.717, 1.165) is 30.5 Å². The van der Waals surface area contributed by atoms with Crippen molar-refractivity contribution in [2.45, 2.75) is 19.3 Å². The lowest BCUT2D eigenvalue weighted by atomic mass is 10.1. The number of rotatable bonds is 6. The van der Waals surface area contributed by atoms with Crippen LogP contribution in [0, 0.1) is 5.92 Å². The molecular formula is C22H24N2O5. The number of hydrogen-bond acceptors (Lipinski definition) is 5. The molecule has 0 atom stereocenters. The van der Waals surface area contributed by atoms with Crippen molar-refractivity contribution in [3.05, 3.63) is 41.5 Å². The smallest absolute Gasteiger partial charge is 0.255 e. The van der Waals surface area contributed by atoms with E-state index in [9.17, 15) is 9.59 Å². The van der Waals surface area contributed by atoms with Crippen molar-refractivity contribution in [1.82, 2.24) is 0 Å². The number of amides is 2. The third-order valence-corrected chi connectivity index (χ3v) is 5.36. The summed E-state index contributed by atoms with van der Waals surface area (Å²) in [6.07, 6.45) is 2.79. The minimum Gasteiger partial charge on any atom is -0.493 e. The highest BCUT2D eigenvalue weighted by Crippen LogP contribution is 2.39. The Morgan fingerprint density at radius 1 is 1.00 bits per heavy atom. The molecule has 2 aliphatic rings. The first-order valence-corrected chi connectivity index (χ1v) is 9.61. The molecule has 0 bridgehead atoms. The van der Waals surface area contributed by atoms with Crippen LogP contribution in [-0.4, -0.2) is 39.7 Å². The highest BCUT2D eigenvalue weighted by Gasteiger charge is 2.36. The standard InChI is InChI=1S/C22H24N2O5/c1-27-18-10-15(11-19(28-2)20(18)29-3)21(25)23-16-7-6-13-8-9-24(17(13)12-16)22(26)14-4-5-14/h6-7,10-12,14H,4-5,8-9H2,1-3H3,(H,23,25). The van der Waals surface area contributed by atoms with Crippen LogP contribution >= 0.6 is 0 Å². The molecule has 2 aromatic carbocycles. The van der Waals surface area contributed by atoms with Crippen LogP contribution in [0.4, 0.5) is 11.4 Å². The first kappa shape index (κ1) is 19.1. The number of fused-ring (bicyclic) bond motifs is 1. The molecule has 0 spiro atoms. The Labute approximate surface area is 169 Å². The number of methoxy groups -OCH3 is 3. The second-order valence-corrected chi connectivity index (χ2v) is 7.23. The molecule has 7 heteroatoms. The maximum absolute atomic E-state index is 12.8. The molecule has 1 saturated carbocycles. The van der Waals surface area contributed by atoms with Gasteiger partial charge in [0.2, 0.25) is 11.7 Å². The van der Waals surface area contributed by atoms with Crippen molar-refractivity contribution < 1.29 is 23.8 Å². The molecule has 4 rings (SSSR count). The number of carbonyl (C=O) groups excluding carboxylic acids is 2. The lowest BCUT2D eigenvalue weighted by molar-refractivity contribution is -0.119. The van der Waals surface area contributed by atoms with E-state index in [1.165, 1.54) is 21.3 Å². The SMILES string of the molecule is COc1cc(C(=O)Nc2ccc3c(c2)N(C(=O)C2CC2)CC3)cc(OC)c1OC. The van der Waals surface area contributed by atoms with Crippen molar-refractivity contribution in [2.75, 3.05) is 38.1 Å². The summed E-state index contributed by atoms with van der Waals surface area (Å²) in [5.74, 6) is 1.30.